The molecule has 1 aromatic heterocycles. The fraction of sp³-hybridized carbons (Fsp3) is 0.250. The first-order chi connectivity index (χ1) is 9.97. The molecule has 0 aliphatic carbocycles. The summed E-state index contributed by atoms with van der Waals surface area (Å²) in [5.74, 6) is -0.506. The van der Waals surface area contributed by atoms with E-state index in [0.29, 0.717) is 0 Å². The van der Waals surface area contributed by atoms with Crippen LogP contribution < -0.4 is 10.6 Å². The molecule has 1 atom stereocenters. The minimum atomic E-state index is -0.664. The van der Waals surface area contributed by atoms with Crippen LogP contribution in [0.15, 0.2) is 41.0 Å². The summed E-state index contributed by atoms with van der Waals surface area (Å²) in [6.07, 6.45) is 1.41. The first kappa shape index (κ1) is 14.8. The highest BCUT2D eigenvalue weighted by atomic mass is 16.3. The van der Waals surface area contributed by atoms with Crippen molar-refractivity contribution >= 4 is 17.5 Å². The van der Waals surface area contributed by atoms with Crippen LogP contribution in [0.5, 0.6) is 0 Å². The quantitative estimate of drug-likeness (QED) is 0.907. The molecule has 0 unspecified atom stereocenters. The second-order valence-electron chi connectivity index (χ2n) is 4.98. The lowest BCUT2D eigenvalue weighted by molar-refractivity contribution is -0.117. The molecule has 2 N–H and O–H groups in total. The molecule has 1 aromatic carbocycles. The third kappa shape index (κ3) is 3.72. The van der Waals surface area contributed by atoms with Gasteiger partial charge in [-0.05, 0) is 50.1 Å². The molecule has 0 saturated heterocycles. The number of furan rings is 1. The predicted octanol–water partition coefficient (Wildman–Crippen LogP) is 2.65. The molecule has 0 fully saturated rings. The molecule has 2 amide bonds. The number of nitrogens with one attached hydrogen (secondary N) is 2. The van der Waals surface area contributed by atoms with Crippen molar-refractivity contribution in [3.63, 3.8) is 0 Å². The number of benzene rings is 1. The van der Waals surface area contributed by atoms with E-state index in [-0.39, 0.29) is 11.7 Å². The van der Waals surface area contributed by atoms with E-state index < -0.39 is 11.9 Å². The topological polar surface area (TPSA) is 71.3 Å². The van der Waals surface area contributed by atoms with E-state index in [9.17, 15) is 9.59 Å². The average Bonchev–Trinajstić information content (AvgIpc) is 2.97. The van der Waals surface area contributed by atoms with Crippen LogP contribution in [0.25, 0.3) is 0 Å². The highest BCUT2D eigenvalue weighted by molar-refractivity contribution is 6.00. The summed E-state index contributed by atoms with van der Waals surface area (Å²) < 4.78 is 4.99. The summed E-state index contributed by atoms with van der Waals surface area (Å²) >= 11 is 0. The van der Waals surface area contributed by atoms with Crippen LogP contribution in [0.1, 0.15) is 28.6 Å². The molecule has 1 heterocycles. The van der Waals surface area contributed by atoms with Crippen molar-refractivity contribution in [3.8, 4) is 0 Å². The minimum absolute atomic E-state index is 0.182. The second kappa shape index (κ2) is 6.26. The third-order valence-electron chi connectivity index (χ3n) is 3.14. The number of anilines is 1. The van der Waals surface area contributed by atoms with E-state index in [1.54, 1.807) is 19.1 Å². The molecular formula is C16H18N2O3. The van der Waals surface area contributed by atoms with Crippen molar-refractivity contribution in [2.75, 3.05) is 5.32 Å². The molecule has 5 heteroatoms. The maximum Gasteiger partial charge on any atom is 0.287 e. The molecule has 2 rings (SSSR count). The fourth-order valence-electron chi connectivity index (χ4n) is 1.85. The van der Waals surface area contributed by atoms with E-state index >= 15 is 0 Å². The number of aryl methyl sites for hydroxylation is 2. The molecule has 0 spiro atoms. The van der Waals surface area contributed by atoms with Crippen LogP contribution in [0.4, 0.5) is 5.69 Å². The Hall–Kier alpha value is -2.56. The Balaban J connectivity index is 1.99. The molecule has 21 heavy (non-hydrogen) atoms. The van der Waals surface area contributed by atoms with Gasteiger partial charge in [0, 0.05) is 5.69 Å². The van der Waals surface area contributed by atoms with Crippen molar-refractivity contribution in [2.24, 2.45) is 0 Å². The predicted molar refractivity (Wildman–Crippen MR) is 80.2 cm³/mol. The van der Waals surface area contributed by atoms with Gasteiger partial charge in [-0.3, -0.25) is 9.59 Å². The highest BCUT2D eigenvalue weighted by Gasteiger charge is 2.18. The summed E-state index contributed by atoms with van der Waals surface area (Å²) in [5, 5.41) is 5.41. The first-order valence-electron chi connectivity index (χ1n) is 6.70. The van der Waals surface area contributed by atoms with Crippen LogP contribution in [0, 0.1) is 13.8 Å². The van der Waals surface area contributed by atoms with E-state index in [4.69, 9.17) is 4.42 Å². The Bertz CT molecular complexity index is 648. The molecule has 0 bridgehead atoms. The van der Waals surface area contributed by atoms with Crippen molar-refractivity contribution in [3.05, 3.63) is 53.5 Å². The van der Waals surface area contributed by atoms with Gasteiger partial charge >= 0.3 is 0 Å². The third-order valence-corrected chi connectivity index (χ3v) is 3.14. The van der Waals surface area contributed by atoms with Crippen LogP contribution in [-0.2, 0) is 4.79 Å². The summed E-state index contributed by atoms with van der Waals surface area (Å²) in [4.78, 5) is 23.9. The normalized spacial score (nSPS) is 11.8. The van der Waals surface area contributed by atoms with Gasteiger partial charge in [-0.1, -0.05) is 12.1 Å². The minimum Gasteiger partial charge on any atom is -0.459 e. The van der Waals surface area contributed by atoms with Gasteiger partial charge in [-0.25, -0.2) is 0 Å². The monoisotopic (exact) mass is 286 g/mol. The Morgan fingerprint density at radius 1 is 1.19 bits per heavy atom. The fourth-order valence-corrected chi connectivity index (χ4v) is 1.85. The van der Waals surface area contributed by atoms with Crippen molar-refractivity contribution in [1.82, 2.24) is 5.32 Å². The number of rotatable bonds is 4. The summed E-state index contributed by atoms with van der Waals surface area (Å²) in [7, 11) is 0. The number of hydrogen-bond donors (Lipinski definition) is 2. The van der Waals surface area contributed by atoms with Crippen molar-refractivity contribution in [1.29, 1.82) is 0 Å². The van der Waals surface area contributed by atoms with Crippen LogP contribution in [0.2, 0.25) is 0 Å². The van der Waals surface area contributed by atoms with Crippen LogP contribution in [0.3, 0.4) is 0 Å². The second-order valence-corrected chi connectivity index (χ2v) is 4.98. The molecule has 0 saturated carbocycles. The van der Waals surface area contributed by atoms with Crippen molar-refractivity contribution in [2.45, 2.75) is 26.8 Å². The Labute approximate surface area is 123 Å². The zero-order chi connectivity index (χ0) is 15.4. The molecular weight excluding hydrogens is 268 g/mol. The van der Waals surface area contributed by atoms with E-state index in [1.165, 1.54) is 6.26 Å². The van der Waals surface area contributed by atoms with Gasteiger partial charge in [0.25, 0.3) is 5.91 Å². The largest absolute Gasteiger partial charge is 0.459 e. The highest BCUT2D eigenvalue weighted by Crippen LogP contribution is 2.16. The van der Waals surface area contributed by atoms with Gasteiger partial charge in [-0.15, -0.1) is 0 Å². The smallest absolute Gasteiger partial charge is 0.287 e. The summed E-state index contributed by atoms with van der Waals surface area (Å²) in [6, 6.07) is 8.32. The Morgan fingerprint density at radius 3 is 2.62 bits per heavy atom. The number of amides is 2. The van der Waals surface area contributed by atoms with Gasteiger partial charge in [0.2, 0.25) is 5.91 Å². The molecule has 0 radical (unpaired) electrons. The molecule has 0 aliphatic heterocycles. The lowest BCUT2D eigenvalue weighted by atomic mass is 10.1. The molecule has 5 nitrogen and oxygen atoms in total. The van der Waals surface area contributed by atoms with Gasteiger partial charge < -0.3 is 15.1 Å². The van der Waals surface area contributed by atoms with E-state index in [0.717, 1.165) is 16.8 Å². The van der Waals surface area contributed by atoms with Gasteiger partial charge in [0.05, 0.1) is 6.26 Å². The standard InChI is InChI=1S/C16H18N2O3/c1-10-6-7-11(2)13(9-10)18-15(19)12(3)17-16(20)14-5-4-8-21-14/h4-9,12H,1-3H3,(H,17,20)(H,18,19)/t12-/m0/s1. The zero-order valence-electron chi connectivity index (χ0n) is 12.3. The van der Waals surface area contributed by atoms with E-state index in [2.05, 4.69) is 10.6 Å². The van der Waals surface area contributed by atoms with Gasteiger partial charge in [0.1, 0.15) is 6.04 Å². The maximum absolute atomic E-state index is 12.1. The lowest BCUT2D eigenvalue weighted by Gasteiger charge is -2.15. The SMILES string of the molecule is Cc1ccc(C)c(NC(=O)[C@H](C)NC(=O)c2ccco2)c1. The van der Waals surface area contributed by atoms with Crippen LogP contribution >= 0.6 is 0 Å². The first-order valence-corrected chi connectivity index (χ1v) is 6.70. The van der Waals surface area contributed by atoms with Crippen molar-refractivity contribution < 1.29 is 14.0 Å². The van der Waals surface area contributed by atoms with Gasteiger partial charge in [0.15, 0.2) is 5.76 Å². The Kier molecular flexibility index (Phi) is 4.42. The molecule has 0 aliphatic rings. The molecule has 2 aromatic rings. The Morgan fingerprint density at radius 2 is 1.95 bits per heavy atom. The summed E-state index contributed by atoms with van der Waals surface area (Å²) in [6.45, 7) is 5.50. The zero-order valence-corrected chi connectivity index (χ0v) is 12.3. The summed E-state index contributed by atoms with van der Waals surface area (Å²) in [5.41, 5.74) is 2.78. The number of carbonyl (C=O) groups excluding carboxylic acids is 2. The average molecular weight is 286 g/mol. The number of hydrogen-bond acceptors (Lipinski definition) is 3. The lowest BCUT2D eigenvalue weighted by Crippen LogP contribution is -2.41. The van der Waals surface area contributed by atoms with Crippen LogP contribution in [-0.4, -0.2) is 17.9 Å². The number of carbonyl (C=O) groups is 2. The molecule has 110 valence electrons. The maximum atomic E-state index is 12.1. The van der Waals surface area contributed by atoms with Gasteiger partial charge in [-0.2, -0.15) is 0 Å². The van der Waals surface area contributed by atoms with E-state index in [1.807, 2.05) is 32.0 Å².